The van der Waals surface area contributed by atoms with Gasteiger partial charge in [-0.15, -0.1) is 0 Å². The lowest BCUT2D eigenvalue weighted by Gasteiger charge is -2.23. The number of rotatable bonds is 1. The van der Waals surface area contributed by atoms with Crippen LogP contribution < -0.4 is 5.56 Å². The van der Waals surface area contributed by atoms with Gasteiger partial charge in [-0.25, -0.2) is 0 Å². The van der Waals surface area contributed by atoms with Crippen LogP contribution in [0.2, 0.25) is 0 Å². The molecule has 0 bridgehead atoms. The van der Waals surface area contributed by atoms with Crippen molar-refractivity contribution in [1.82, 2.24) is 4.57 Å². The molecule has 1 saturated heterocycles. The molecule has 1 aliphatic rings. The van der Waals surface area contributed by atoms with Gasteiger partial charge in [0.1, 0.15) is 0 Å². The molecule has 1 unspecified atom stereocenters. The third-order valence-corrected chi connectivity index (χ3v) is 3.69. The molecule has 1 atom stereocenters. The molecule has 3 rings (SSSR count). The number of aromatic nitrogens is 1. The fraction of sp³-hybridized carbons (Fsp3) is 0.400. The maximum Gasteiger partial charge on any atom is 0.256 e. The predicted octanol–water partition coefficient (Wildman–Crippen LogP) is 2.78. The Bertz CT molecular complexity index is 624. The maximum absolute atomic E-state index is 12.4. The van der Waals surface area contributed by atoms with Gasteiger partial charge in [-0.1, -0.05) is 18.2 Å². The second-order valence-corrected chi connectivity index (χ2v) is 4.88. The molecular formula is C15H17NO2. The van der Waals surface area contributed by atoms with Crippen LogP contribution in [0.3, 0.4) is 0 Å². The molecule has 0 radical (unpaired) electrons. The predicted molar refractivity (Wildman–Crippen MR) is 71.7 cm³/mol. The van der Waals surface area contributed by atoms with E-state index in [1.54, 1.807) is 4.57 Å². The fourth-order valence-electron chi connectivity index (χ4n) is 2.66. The van der Waals surface area contributed by atoms with Gasteiger partial charge in [0.05, 0.1) is 11.6 Å². The van der Waals surface area contributed by atoms with Gasteiger partial charge in [0, 0.05) is 19.2 Å². The van der Waals surface area contributed by atoms with Crippen LogP contribution in [0.1, 0.15) is 30.9 Å². The number of fused-ring (bicyclic) bond motifs is 1. The summed E-state index contributed by atoms with van der Waals surface area (Å²) >= 11 is 0. The first-order valence-corrected chi connectivity index (χ1v) is 6.47. The van der Waals surface area contributed by atoms with Crippen molar-refractivity contribution in [2.75, 3.05) is 6.61 Å². The Morgan fingerprint density at radius 2 is 2.11 bits per heavy atom. The van der Waals surface area contributed by atoms with Crippen LogP contribution in [-0.4, -0.2) is 11.2 Å². The number of hydrogen-bond acceptors (Lipinski definition) is 2. The van der Waals surface area contributed by atoms with Crippen LogP contribution in [0.25, 0.3) is 10.9 Å². The maximum atomic E-state index is 12.4. The van der Waals surface area contributed by atoms with Gasteiger partial charge in [0.15, 0.2) is 0 Å². The molecule has 0 aliphatic carbocycles. The molecule has 1 aromatic carbocycles. The minimum absolute atomic E-state index is 0.0259. The highest BCUT2D eigenvalue weighted by atomic mass is 16.5. The molecule has 1 aromatic heterocycles. The summed E-state index contributed by atoms with van der Waals surface area (Å²) in [5.74, 6) is 0. The van der Waals surface area contributed by atoms with Gasteiger partial charge in [0.2, 0.25) is 0 Å². The molecular weight excluding hydrogens is 226 g/mol. The van der Waals surface area contributed by atoms with Crippen LogP contribution >= 0.6 is 0 Å². The Hall–Kier alpha value is -1.61. The number of pyridine rings is 1. The quantitative estimate of drug-likeness (QED) is 0.771. The van der Waals surface area contributed by atoms with Gasteiger partial charge in [-0.3, -0.25) is 4.79 Å². The van der Waals surface area contributed by atoms with Gasteiger partial charge >= 0.3 is 0 Å². The monoisotopic (exact) mass is 243 g/mol. The first-order valence-electron chi connectivity index (χ1n) is 6.47. The van der Waals surface area contributed by atoms with E-state index in [4.69, 9.17) is 4.74 Å². The Balaban J connectivity index is 2.17. The molecule has 0 N–H and O–H groups in total. The largest absolute Gasteiger partial charge is 0.373 e. The van der Waals surface area contributed by atoms with Crippen molar-refractivity contribution in [2.45, 2.75) is 25.4 Å². The molecule has 0 spiro atoms. The number of hydrogen-bond donors (Lipinski definition) is 0. The second kappa shape index (κ2) is 4.58. The topological polar surface area (TPSA) is 31.2 Å². The summed E-state index contributed by atoms with van der Waals surface area (Å²) in [4.78, 5) is 12.4. The normalized spacial score (nSPS) is 20.2. The van der Waals surface area contributed by atoms with Gasteiger partial charge in [-0.2, -0.15) is 0 Å². The Kier molecular flexibility index (Phi) is 2.92. The Morgan fingerprint density at radius 3 is 2.89 bits per heavy atom. The first-order chi connectivity index (χ1) is 8.77. The molecule has 2 heterocycles. The van der Waals surface area contributed by atoms with Gasteiger partial charge in [0.25, 0.3) is 5.56 Å². The van der Waals surface area contributed by atoms with Crippen molar-refractivity contribution >= 4 is 10.9 Å². The van der Waals surface area contributed by atoms with Crippen molar-refractivity contribution < 1.29 is 4.74 Å². The second-order valence-electron chi connectivity index (χ2n) is 4.88. The standard InChI is InChI=1S/C15H17NO2/c1-16-13-7-3-2-6-11(13)10-12(15(16)17)14-8-4-5-9-18-14/h2-3,6-7,10,14H,4-5,8-9H2,1H3. The molecule has 18 heavy (non-hydrogen) atoms. The minimum Gasteiger partial charge on any atom is -0.373 e. The van der Waals surface area contributed by atoms with Gasteiger partial charge in [-0.05, 0) is 36.8 Å². The molecule has 0 saturated carbocycles. The smallest absolute Gasteiger partial charge is 0.256 e. The van der Waals surface area contributed by atoms with Gasteiger partial charge < -0.3 is 9.30 Å². The molecule has 0 amide bonds. The lowest BCUT2D eigenvalue weighted by Crippen LogP contribution is -2.26. The minimum atomic E-state index is -0.0259. The van der Waals surface area contributed by atoms with Crippen molar-refractivity contribution in [2.24, 2.45) is 7.05 Å². The van der Waals surface area contributed by atoms with E-state index in [1.807, 2.05) is 37.4 Å². The average molecular weight is 243 g/mol. The van der Waals surface area contributed by atoms with Crippen LogP contribution in [0.4, 0.5) is 0 Å². The Labute approximate surface area is 106 Å². The number of aryl methyl sites for hydroxylation is 1. The zero-order chi connectivity index (χ0) is 12.5. The molecule has 2 aromatic rings. The zero-order valence-corrected chi connectivity index (χ0v) is 10.6. The van der Waals surface area contributed by atoms with Crippen LogP contribution in [0, 0.1) is 0 Å². The number of nitrogens with zero attached hydrogens (tertiary/aromatic N) is 1. The van der Waals surface area contributed by atoms with Crippen LogP contribution in [-0.2, 0) is 11.8 Å². The number of ether oxygens (including phenoxy) is 1. The average Bonchev–Trinajstić information content (AvgIpc) is 2.44. The van der Waals surface area contributed by atoms with E-state index < -0.39 is 0 Å². The van der Waals surface area contributed by atoms with E-state index in [0.717, 1.165) is 42.3 Å². The van der Waals surface area contributed by atoms with E-state index in [-0.39, 0.29) is 11.7 Å². The third kappa shape index (κ3) is 1.85. The Morgan fingerprint density at radius 1 is 1.28 bits per heavy atom. The van der Waals surface area contributed by atoms with Crippen molar-refractivity contribution in [1.29, 1.82) is 0 Å². The lowest BCUT2D eigenvalue weighted by molar-refractivity contribution is 0.0140. The van der Waals surface area contributed by atoms with E-state index in [1.165, 1.54) is 0 Å². The summed E-state index contributed by atoms with van der Waals surface area (Å²) in [6.45, 7) is 0.765. The van der Waals surface area contributed by atoms with E-state index in [0.29, 0.717) is 0 Å². The van der Waals surface area contributed by atoms with Crippen LogP contribution in [0.15, 0.2) is 35.1 Å². The summed E-state index contributed by atoms with van der Waals surface area (Å²) in [6, 6.07) is 9.97. The zero-order valence-electron chi connectivity index (χ0n) is 10.6. The van der Waals surface area contributed by atoms with E-state index in [2.05, 4.69) is 0 Å². The molecule has 1 aliphatic heterocycles. The molecule has 94 valence electrons. The summed E-state index contributed by atoms with van der Waals surface area (Å²) in [7, 11) is 1.83. The van der Waals surface area contributed by atoms with Crippen LogP contribution in [0.5, 0.6) is 0 Å². The highest BCUT2D eigenvalue weighted by Gasteiger charge is 2.20. The summed E-state index contributed by atoms with van der Waals surface area (Å²) in [5, 5.41) is 1.10. The molecule has 1 fully saturated rings. The highest BCUT2D eigenvalue weighted by molar-refractivity contribution is 5.79. The van der Waals surface area contributed by atoms with Crippen molar-refractivity contribution in [3.63, 3.8) is 0 Å². The van der Waals surface area contributed by atoms with Crippen molar-refractivity contribution in [3.8, 4) is 0 Å². The number of para-hydroxylation sites is 1. The van der Waals surface area contributed by atoms with Crippen molar-refractivity contribution in [3.05, 3.63) is 46.2 Å². The SMILES string of the molecule is Cn1c(=O)c(C2CCCCO2)cc2ccccc21. The fourth-order valence-corrected chi connectivity index (χ4v) is 2.66. The summed E-state index contributed by atoms with van der Waals surface area (Å²) in [6.07, 6.45) is 3.17. The molecule has 3 heteroatoms. The third-order valence-electron chi connectivity index (χ3n) is 3.69. The molecule has 3 nitrogen and oxygen atoms in total. The van der Waals surface area contributed by atoms with E-state index >= 15 is 0 Å². The lowest BCUT2D eigenvalue weighted by atomic mass is 10.0. The summed E-state index contributed by atoms with van der Waals surface area (Å²) in [5.41, 5.74) is 1.85. The first kappa shape index (κ1) is 11.5. The van der Waals surface area contributed by atoms with E-state index in [9.17, 15) is 4.79 Å². The highest BCUT2D eigenvalue weighted by Crippen LogP contribution is 2.27. The summed E-state index contributed by atoms with van der Waals surface area (Å²) < 4.78 is 7.46. The number of benzene rings is 1.